The summed E-state index contributed by atoms with van der Waals surface area (Å²) in [5.74, 6) is 0.790. The molecule has 2 rings (SSSR count). The molecule has 1 fully saturated rings. The Morgan fingerprint density at radius 2 is 2.16 bits per heavy atom. The number of ether oxygens (including phenoxy) is 1. The third-order valence-electron chi connectivity index (χ3n) is 3.54. The van der Waals surface area contributed by atoms with E-state index in [1.807, 2.05) is 24.3 Å². The van der Waals surface area contributed by atoms with Crippen molar-refractivity contribution in [1.29, 1.82) is 0 Å². The fraction of sp³-hybridized carbons (Fsp3) is 0.533. The minimum Gasteiger partial charge on any atom is -0.384 e. The number of hydrogen-bond donors (Lipinski definition) is 0. The lowest BCUT2D eigenvalue weighted by atomic mass is 9.98. The molecule has 1 heterocycles. The van der Waals surface area contributed by atoms with Crippen molar-refractivity contribution >= 4 is 28.4 Å². The highest BCUT2D eigenvalue weighted by atomic mass is 127. The van der Waals surface area contributed by atoms with Crippen molar-refractivity contribution < 1.29 is 9.53 Å². The Balaban J connectivity index is 1.89. The molecule has 1 unspecified atom stereocenters. The van der Waals surface area contributed by atoms with Crippen molar-refractivity contribution in [2.24, 2.45) is 5.92 Å². The number of hydrogen-bond acceptors (Lipinski definition) is 3. The highest BCUT2D eigenvalue weighted by Crippen LogP contribution is 2.17. The number of carbonyl (C=O) groups is 1. The van der Waals surface area contributed by atoms with E-state index in [-0.39, 0.29) is 5.78 Å². The molecule has 0 N–H and O–H groups in total. The minimum absolute atomic E-state index is 0.217. The van der Waals surface area contributed by atoms with Gasteiger partial charge in [0.1, 0.15) is 0 Å². The number of Topliss-reactive ketones (excluding diaryl/α,β-unsaturated/α-hetero) is 1. The van der Waals surface area contributed by atoms with E-state index in [9.17, 15) is 4.79 Å². The van der Waals surface area contributed by atoms with E-state index in [1.54, 1.807) is 7.11 Å². The standard InChI is InChI=1S/C15H20INO2/c1-19-11-12-3-2-8-17(9-12)10-15(18)13-4-6-14(16)7-5-13/h4-7,12H,2-3,8-11H2,1H3. The normalized spacial score (nSPS) is 20.4. The SMILES string of the molecule is COCC1CCCN(CC(=O)c2ccc(I)cc2)C1. The molecule has 0 aromatic heterocycles. The minimum atomic E-state index is 0.217. The maximum absolute atomic E-state index is 12.2. The number of rotatable bonds is 5. The van der Waals surface area contributed by atoms with Gasteiger partial charge in [0.25, 0.3) is 0 Å². The second-order valence-corrected chi connectivity index (χ2v) is 6.37. The van der Waals surface area contributed by atoms with Gasteiger partial charge in [-0.15, -0.1) is 0 Å². The molecular formula is C15H20INO2. The van der Waals surface area contributed by atoms with E-state index in [2.05, 4.69) is 27.5 Å². The summed E-state index contributed by atoms with van der Waals surface area (Å²) < 4.78 is 6.38. The Kier molecular flexibility index (Phi) is 5.78. The molecule has 19 heavy (non-hydrogen) atoms. The molecular weight excluding hydrogens is 353 g/mol. The van der Waals surface area contributed by atoms with Crippen LogP contribution in [0.15, 0.2) is 24.3 Å². The van der Waals surface area contributed by atoms with Gasteiger partial charge in [0.15, 0.2) is 5.78 Å². The first-order chi connectivity index (χ1) is 9.19. The molecule has 1 aliphatic heterocycles. The molecule has 0 radical (unpaired) electrons. The summed E-state index contributed by atoms with van der Waals surface area (Å²) in [6, 6.07) is 7.80. The predicted octanol–water partition coefficient (Wildman–Crippen LogP) is 2.83. The zero-order valence-corrected chi connectivity index (χ0v) is 13.4. The number of carbonyl (C=O) groups excluding carboxylic acids is 1. The number of methoxy groups -OCH3 is 1. The Labute approximate surface area is 128 Å². The first-order valence-corrected chi connectivity index (χ1v) is 7.77. The van der Waals surface area contributed by atoms with E-state index in [0.29, 0.717) is 12.5 Å². The molecule has 0 aliphatic carbocycles. The van der Waals surface area contributed by atoms with Gasteiger partial charge in [-0.1, -0.05) is 12.1 Å². The monoisotopic (exact) mass is 373 g/mol. The van der Waals surface area contributed by atoms with Crippen molar-refractivity contribution in [2.45, 2.75) is 12.8 Å². The zero-order valence-electron chi connectivity index (χ0n) is 11.3. The molecule has 0 bridgehead atoms. The number of likely N-dealkylation sites (tertiary alicyclic amines) is 1. The third-order valence-corrected chi connectivity index (χ3v) is 4.26. The van der Waals surface area contributed by atoms with Crippen molar-refractivity contribution in [3.05, 3.63) is 33.4 Å². The van der Waals surface area contributed by atoms with Crippen molar-refractivity contribution in [3.8, 4) is 0 Å². The molecule has 1 aliphatic rings. The summed E-state index contributed by atoms with van der Waals surface area (Å²) in [4.78, 5) is 14.5. The molecule has 0 spiro atoms. The first kappa shape index (κ1) is 14.9. The topological polar surface area (TPSA) is 29.5 Å². The van der Waals surface area contributed by atoms with Gasteiger partial charge >= 0.3 is 0 Å². The molecule has 0 amide bonds. The summed E-state index contributed by atoms with van der Waals surface area (Å²) in [6.07, 6.45) is 2.37. The fourth-order valence-corrected chi connectivity index (χ4v) is 2.96. The second kappa shape index (κ2) is 7.36. The molecule has 1 aromatic carbocycles. The maximum atomic E-state index is 12.2. The first-order valence-electron chi connectivity index (χ1n) is 6.69. The van der Waals surface area contributed by atoms with Crippen LogP contribution in [0.3, 0.4) is 0 Å². The lowest BCUT2D eigenvalue weighted by molar-refractivity contribution is 0.0758. The summed E-state index contributed by atoms with van der Waals surface area (Å²) in [5.41, 5.74) is 0.814. The van der Waals surface area contributed by atoms with Gasteiger partial charge in [0.2, 0.25) is 0 Å². The third kappa shape index (κ3) is 4.54. The predicted molar refractivity (Wildman–Crippen MR) is 84.5 cm³/mol. The Morgan fingerprint density at radius 1 is 1.42 bits per heavy atom. The average molecular weight is 373 g/mol. The van der Waals surface area contributed by atoms with E-state index in [0.717, 1.165) is 35.3 Å². The summed E-state index contributed by atoms with van der Waals surface area (Å²) in [7, 11) is 1.75. The van der Waals surface area contributed by atoms with Crippen LogP contribution in [0.5, 0.6) is 0 Å². The van der Waals surface area contributed by atoms with Crippen molar-refractivity contribution in [2.75, 3.05) is 33.4 Å². The fourth-order valence-electron chi connectivity index (χ4n) is 2.60. The second-order valence-electron chi connectivity index (χ2n) is 5.13. The van der Waals surface area contributed by atoms with Gasteiger partial charge in [0.05, 0.1) is 13.2 Å². The number of halogens is 1. The van der Waals surface area contributed by atoms with Crippen molar-refractivity contribution in [1.82, 2.24) is 4.90 Å². The molecule has 4 heteroatoms. The van der Waals surface area contributed by atoms with Crippen LogP contribution in [-0.2, 0) is 4.74 Å². The Bertz CT molecular complexity index is 417. The average Bonchev–Trinajstić information content (AvgIpc) is 2.40. The van der Waals surface area contributed by atoms with Gasteiger partial charge in [-0.2, -0.15) is 0 Å². The lowest BCUT2D eigenvalue weighted by Crippen LogP contribution is -2.40. The molecule has 0 saturated carbocycles. The number of nitrogens with zero attached hydrogens (tertiary/aromatic N) is 1. The van der Waals surface area contributed by atoms with Gasteiger partial charge in [0, 0.05) is 22.8 Å². The molecule has 1 saturated heterocycles. The van der Waals surface area contributed by atoms with Gasteiger partial charge < -0.3 is 4.74 Å². The van der Waals surface area contributed by atoms with Crippen LogP contribution in [-0.4, -0.2) is 44.0 Å². The summed E-state index contributed by atoms with van der Waals surface area (Å²) >= 11 is 2.25. The Morgan fingerprint density at radius 3 is 2.84 bits per heavy atom. The molecule has 1 atom stereocenters. The molecule has 104 valence electrons. The highest BCUT2D eigenvalue weighted by molar-refractivity contribution is 14.1. The van der Waals surface area contributed by atoms with E-state index in [1.165, 1.54) is 6.42 Å². The summed E-state index contributed by atoms with van der Waals surface area (Å²) in [5, 5.41) is 0. The maximum Gasteiger partial charge on any atom is 0.176 e. The smallest absolute Gasteiger partial charge is 0.176 e. The van der Waals surface area contributed by atoms with Gasteiger partial charge in [-0.3, -0.25) is 9.69 Å². The van der Waals surface area contributed by atoms with Crippen LogP contribution in [0.1, 0.15) is 23.2 Å². The van der Waals surface area contributed by atoms with Gasteiger partial charge in [-0.25, -0.2) is 0 Å². The van der Waals surface area contributed by atoms with Crippen LogP contribution < -0.4 is 0 Å². The van der Waals surface area contributed by atoms with E-state index >= 15 is 0 Å². The van der Waals surface area contributed by atoms with Crippen LogP contribution in [0.25, 0.3) is 0 Å². The largest absolute Gasteiger partial charge is 0.384 e. The van der Waals surface area contributed by atoms with E-state index in [4.69, 9.17) is 4.74 Å². The lowest BCUT2D eigenvalue weighted by Gasteiger charge is -2.31. The van der Waals surface area contributed by atoms with Crippen LogP contribution in [0, 0.1) is 9.49 Å². The highest BCUT2D eigenvalue weighted by Gasteiger charge is 2.21. The number of ketones is 1. The molecule has 1 aromatic rings. The quantitative estimate of drug-likeness (QED) is 0.587. The van der Waals surface area contributed by atoms with Crippen LogP contribution in [0.2, 0.25) is 0 Å². The van der Waals surface area contributed by atoms with Gasteiger partial charge in [-0.05, 0) is 60.0 Å². The van der Waals surface area contributed by atoms with Crippen LogP contribution in [0.4, 0.5) is 0 Å². The summed E-state index contributed by atoms with van der Waals surface area (Å²) in [6.45, 7) is 3.33. The molecule has 3 nitrogen and oxygen atoms in total. The number of piperidine rings is 1. The Hall–Kier alpha value is -0.460. The van der Waals surface area contributed by atoms with Crippen molar-refractivity contribution in [3.63, 3.8) is 0 Å². The zero-order chi connectivity index (χ0) is 13.7. The number of benzene rings is 1. The van der Waals surface area contributed by atoms with E-state index < -0.39 is 0 Å². The van der Waals surface area contributed by atoms with Crippen LogP contribution >= 0.6 is 22.6 Å².